The van der Waals surface area contributed by atoms with E-state index in [-0.39, 0.29) is 29.3 Å². The zero-order chi connectivity index (χ0) is 31.2. The molecule has 2 amide bonds. The molecule has 0 aliphatic carbocycles. The van der Waals surface area contributed by atoms with E-state index < -0.39 is 23.8 Å². The monoisotopic (exact) mass is 615 g/mol. The number of rotatable bonds is 5. The Morgan fingerprint density at radius 1 is 1.00 bits per heavy atom. The first kappa shape index (κ1) is 29.5. The highest BCUT2D eigenvalue weighted by molar-refractivity contribution is 5.94. The number of carbonyl (C=O) groups is 2. The Morgan fingerprint density at radius 2 is 1.78 bits per heavy atom. The van der Waals surface area contributed by atoms with Crippen molar-refractivity contribution >= 4 is 17.5 Å². The van der Waals surface area contributed by atoms with Crippen LogP contribution in [0.15, 0.2) is 54.6 Å². The zero-order valence-electron chi connectivity index (χ0n) is 24.7. The first-order chi connectivity index (χ1) is 21.8. The van der Waals surface area contributed by atoms with E-state index in [1.807, 2.05) is 30.3 Å². The van der Waals surface area contributed by atoms with Crippen LogP contribution in [-0.4, -0.2) is 74.5 Å². The van der Waals surface area contributed by atoms with E-state index in [2.05, 4.69) is 4.90 Å². The number of hydrogen-bond acceptors (Lipinski definition) is 7. The van der Waals surface area contributed by atoms with Crippen LogP contribution in [0.5, 0.6) is 0 Å². The number of ether oxygens (including phenoxy) is 1. The summed E-state index contributed by atoms with van der Waals surface area (Å²) in [5, 5.41) is 4.88. The van der Waals surface area contributed by atoms with Crippen molar-refractivity contribution < 1.29 is 23.1 Å². The molecule has 2 aromatic heterocycles. The minimum Gasteiger partial charge on any atom is -0.370 e. The molecule has 12 heteroatoms. The van der Waals surface area contributed by atoms with Gasteiger partial charge in [-0.1, -0.05) is 30.3 Å². The summed E-state index contributed by atoms with van der Waals surface area (Å²) in [6.45, 7) is 2.42. The number of nitrogens with two attached hydrogens (primary N) is 2. The molecule has 234 valence electrons. The quantitative estimate of drug-likeness (QED) is 0.352. The number of amides is 2. The number of fused-ring (bicyclic) bond motifs is 3. The third kappa shape index (κ3) is 5.58. The Kier molecular flexibility index (Phi) is 7.80. The summed E-state index contributed by atoms with van der Waals surface area (Å²) in [4.78, 5) is 34.7. The van der Waals surface area contributed by atoms with E-state index in [4.69, 9.17) is 26.3 Å². The number of carbonyl (C=O) groups excluding carboxylic acids is 2. The molecule has 0 radical (unpaired) electrons. The van der Waals surface area contributed by atoms with Crippen molar-refractivity contribution in [1.82, 2.24) is 24.4 Å². The van der Waals surface area contributed by atoms with E-state index in [0.29, 0.717) is 75.5 Å². The number of hydrogen-bond donors (Lipinski definition) is 2. The van der Waals surface area contributed by atoms with Gasteiger partial charge in [-0.25, -0.2) is 18.3 Å². The van der Waals surface area contributed by atoms with E-state index in [0.717, 1.165) is 35.0 Å². The van der Waals surface area contributed by atoms with E-state index >= 15 is 0 Å². The smallest absolute Gasteiger partial charge is 0.272 e. The fraction of sp³-hybridized carbons (Fsp3) is 0.394. The second-order valence-electron chi connectivity index (χ2n) is 12.2. The van der Waals surface area contributed by atoms with Gasteiger partial charge in [0.15, 0.2) is 5.65 Å². The SMILES string of the molecule is NC(=O)C1CCN(C(=O)c2cc(-c3ccccc3)nc3c4c(nn23)CCN([C@H]2CO[C@H](c3cc(F)ccc3F)[C@@H](N)C2)C4)CC1. The summed E-state index contributed by atoms with van der Waals surface area (Å²) in [7, 11) is 0. The second kappa shape index (κ2) is 11.9. The highest BCUT2D eigenvalue weighted by atomic mass is 19.1. The molecule has 2 fully saturated rings. The predicted octanol–water partition coefficient (Wildman–Crippen LogP) is 3.23. The fourth-order valence-electron chi connectivity index (χ4n) is 6.90. The molecule has 5 heterocycles. The normalized spacial score (nSPS) is 22.8. The first-order valence-corrected chi connectivity index (χ1v) is 15.4. The van der Waals surface area contributed by atoms with Gasteiger partial charge >= 0.3 is 0 Å². The van der Waals surface area contributed by atoms with Crippen LogP contribution in [0.2, 0.25) is 0 Å². The lowest BCUT2D eigenvalue weighted by molar-refractivity contribution is -0.123. The largest absolute Gasteiger partial charge is 0.370 e. The summed E-state index contributed by atoms with van der Waals surface area (Å²) in [6.07, 6.45) is 1.52. The van der Waals surface area contributed by atoms with Crippen LogP contribution in [0.3, 0.4) is 0 Å². The molecule has 2 aromatic carbocycles. The molecule has 3 aliphatic heterocycles. The van der Waals surface area contributed by atoms with Crippen molar-refractivity contribution in [2.45, 2.75) is 50.4 Å². The summed E-state index contributed by atoms with van der Waals surface area (Å²) in [5.41, 5.74) is 16.5. The van der Waals surface area contributed by atoms with Gasteiger partial charge in [0.05, 0.1) is 18.0 Å². The van der Waals surface area contributed by atoms with Crippen molar-refractivity contribution in [3.05, 3.63) is 88.7 Å². The van der Waals surface area contributed by atoms with E-state index in [1.54, 1.807) is 15.5 Å². The minimum absolute atomic E-state index is 0.0408. The van der Waals surface area contributed by atoms with Crippen LogP contribution in [0.1, 0.15) is 52.7 Å². The first-order valence-electron chi connectivity index (χ1n) is 15.4. The average Bonchev–Trinajstić information content (AvgIpc) is 3.43. The molecule has 0 unspecified atom stereocenters. The van der Waals surface area contributed by atoms with Crippen LogP contribution < -0.4 is 11.5 Å². The Balaban J connectivity index is 1.18. The number of likely N-dealkylation sites (tertiary alicyclic amines) is 1. The molecule has 7 rings (SSSR count). The lowest BCUT2D eigenvalue weighted by Gasteiger charge is -2.41. The molecule has 0 bridgehead atoms. The van der Waals surface area contributed by atoms with Gasteiger partial charge in [-0.05, 0) is 43.5 Å². The molecule has 2 saturated heterocycles. The van der Waals surface area contributed by atoms with Gasteiger partial charge in [0.2, 0.25) is 5.91 Å². The molecule has 10 nitrogen and oxygen atoms in total. The number of aromatic nitrogens is 3. The van der Waals surface area contributed by atoms with Crippen molar-refractivity contribution in [3.8, 4) is 11.3 Å². The second-order valence-corrected chi connectivity index (χ2v) is 12.2. The standard InChI is InChI=1S/C33H35F2N7O3/c34-21-6-7-25(35)23(14-21)30-26(36)15-22(18-45-30)41-13-10-27-24(17-41)32-38-28(19-4-2-1-3-5-19)16-29(42(32)39-27)33(44)40-11-8-20(9-12-40)31(37)43/h1-7,14,16,20,22,26,30H,8-13,15,17-18,36H2,(H2,37,43)/t22-,26+,30-/m1/s1. The Hall–Kier alpha value is -4.26. The Bertz CT molecular complexity index is 1760. The van der Waals surface area contributed by atoms with Crippen LogP contribution in [-0.2, 0) is 22.5 Å². The maximum Gasteiger partial charge on any atom is 0.272 e. The predicted molar refractivity (Wildman–Crippen MR) is 162 cm³/mol. The molecule has 4 aromatic rings. The number of piperidine rings is 1. The van der Waals surface area contributed by atoms with Gasteiger partial charge in [0, 0.05) is 67.3 Å². The molecular formula is C33H35F2N7O3. The summed E-state index contributed by atoms with van der Waals surface area (Å²) >= 11 is 0. The van der Waals surface area contributed by atoms with Crippen LogP contribution in [0.25, 0.3) is 16.9 Å². The number of halogens is 2. The molecular weight excluding hydrogens is 580 g/mol. The van der Waals surface area contributed by atoms with Crippen LogP contribution >= 0.6 is 0 Å². The van der Waals surface area contributed by atoms with Gasteiger partial charge in [-0.15, -0.1) is 0 Å². The van der Waals surface area contributed by atoms with Gasteiger partial charge in [0.25, 0.3) is 5.91 Å². The van der Waals surface area contributed by atoms with Gasteiger partial charge in [-0.2, -0.15) is 5.10 Å². The van der Waals surface area contributed by atoms with Gasteiger partial charge in [0.1, 0.15) is 23.4 Å². The third-order valence-electron chi connectivity index (χ3n) is 9.42. The van der Waals surface area contributed by atoms with Crippen molar-refractivity contribution in [3.63, 3.8) is 0 Å². The molecule has 0 spiro atoms. The number of primary amides is 1. The lowest BCUT2D eigenvalue weighted by Crippen LogP contribution is -2.50. The van der Waals surface area contributed by atoms with E-state index in [9.17, 15) is 18.4 Å². The number of nitrogens with zero attached hydrogens (tertiary/aromatic N) is 5. The number of benzene rings is 2. The Morgan fingerprint density at radius 3 is 2.51 bits per heavy atom. The van der Waals surface area contributed by atoms with Gasteiger partial charge in [-0.3, -0.25) is 14.5 Å². The van der Waals surface area contributed by atoms with Crippen molar-refractivity contribution in [2.24, 2.45) is 17.4 Å². The maximum absolute atomic E-state index is 14.5. The maximum atomic E-state index is 14.5. The highest BCUT2D eigenvalue weighted by Crippen LogP contribution is 2.34. The fourth-order valence-corrected chi connectivity index (χ4v) is 6.90. The lowest BCUT2D eigenvalue weighted by atomic mass is 9.92. The minimum atomic E-state index is -0.731. The zero-order valence-corrected chi connectivity index (χ0v) is 24.7. The summed E-state index contributed by atoms with van der Waals surface area (Å²) in [6, 6.07) is 14.3. The average molecular weight is 616 g/mol. The Labute approximate surface area is 258 Å². The topological polar surface area (TPSA) is 132 Å². The summed E-state index contributed by atoms with van der Waals surface area (Å²) in [5.74, 6) is -1.79. The molecule has 3 atom stereocenters. The molecule has 0 saturated carbocycles. The third-order valence-corrected chi connectivity index (χ3v) is 9.42. The highest BCUT2D eigenvalue weighted by Gasteiger charge is 2.37. The van der Waals surface area contributed by atoms with Crippen LogP contribution in [0, 0.1) is 17.6 Å². The van der Waals surface area contributed by atoms with E-state index in [1.165, 1.54) is 0 Å². The van der Waals surface area contributed by atoms with Crippen molar-refractivity contribution in [1.29, 1.82) is 0 Å². The summed E-state index contributed by atoms with van der Waals surface area (Å²) < 4.78 is 36.1. The van der Waals surface area contributed by atoms with Crippen molar-refractivity contribution in [2.75, 3.05) is 26.2 Å². The van der Waals surface area contributed by atoms with Crippen LogP contribution in [0.4, 0.5) is 8.78 Å². The van der Waals surface area contributed by atoms with Gasteiger partial charge < -0.3 is 21.1 Å². The molecule has 4 N–H and O–H groups in total. The molecule has 45 heavy (non-hydrogen) atoms. The molecule has 3 aliphatic rings.